The molecule has 112 valence electrons. The zero-order valence-electron chi connectivity index (χ0n) is 11.6. The minimum Gasteiger partial charge on any atom is -0.353 e. The minimum absolute atomic E-state index is 0. The van der Waals surface area contributed by atoms with E-state index < -0.39 is 9.84 Å². The zero-order chi connectivity index (χ0) is 13.2. The molecule has 7 heteroatoms. The summed E-state index contributed by atoms with van der Waals surface area (Å²) < 4.78 is 22.8. The number of hydrogen-bond donors (Lipinski definition) is 2. The quantitative estimate of drug-likeness (QED) is 0.421. The Morgan fingerprint density at radius 2 is 2.11 bits per heavy atom. The van der Waals surface area contributed by atoms with Gasteiger partial charge < -0.3 is 10.6 Å². The molecule has 0 radical (unpaired) electrons. The molecule has 1 saturated heterocycles. The van der Waals surface area contributed by atoms with E-state index in [9.17, 15) is 8.42 Å². The van der Waals surface area contributed by atoms with E-state index in [2.05, 4.69) is 22.5 Å². The van der Waals surface area contributed by atoms with Crippen LogP contribution in [0, 0.1) is 5.92 Å². The van der Waals surface area contributed by atoms with Crippen LogP contribution in [0.2, 0.25) is 0 Å². The lowest BCUT2D eigenvalue weighted by atomic mass is 10.2. The fourth-order valence-electron chi connectivity index (χ4n) is 2.56. The fourth-order valence-corrected chi connectivity index (χ4v) is 4.24. The fraction of sp³-hybridized carbons (Fsp3) is 0.917. The first-order valence-electron chi connectivity index (χ1n) is 6.74. The number of rotatable bonds is 4. The van der Waals surface area contributed by atoms with Gasteiger partial charge >= 0.3 is 0 Å². The van der Waals surface area contributed by atoms with Crippen LogP contribution >= 0.6 is 24.0 Å². The Bertz CT molecular complexity index is 425. The molecule has 0 amide bonds. The SMILES string of the molecule is CCCC1CC1NC(=NC)NC1CCS(=O)(=O)C1.I. The van der Waals surface area contributed by atoms with Crippen LogP contribution in [0.1, 0.15) is 32.6 Å². The molecule has 2 fully saturated rings. The van der Waals surface area contributed by atoms with E-state index in [0.29, 0.717) is 18.2 Å². The van der Waals surface area contributed by atoms with Crippen LogP contribution in [0.5, 0.6) is 0 Å². The summed E-state index contributed by atoms with van der Waals surface area (Å²) in [5, 5.41) is 6.59. The normalized spacial score (nSPS) is 32.5. The second kappa shape index (κ2) is 7.10. The summed E-state index contributed by atoms with van der Waals surface area (Å²) in [7, 11) is -1.09. The zero-order valence-corrected chi connectivity index (χ0v) is 14.7. The average molecular weight is 401 g/mol. The predicted molar refractivity (Wildman–Crippen MR) is 88.9 cm³/mol. The van der Waals surface area contributed by atoms with Crippen LogP contribution in [0.4, 0.5) is 0 Å². The maximum Gasteiger partial charge on any atom is 0.191 e. The summed E-state index contributed by atoms with van der Waals surface area (Å²) in [6.07, 6.45) is 4.37. The van der Waals surface area contributed by atoms with Gasteiger partial charge in [-0.1, -0.05) is 13.3 Å². The van der Waals surface area contributed by atoms with E-state index in [4.69, 9.17) is 0 Å². The summed E-state index contributed by atoms with van der Waals surface area (Å²) in [5.41, 5.74) is 0. The molecule has 1 aliphatic carbocycles. The molecule has 1 heterocycles. The number of guanidine groups is 1. The van der Waals surface area contributed by atoms with Gasteiger partial charge in [0.05, 0.1) is 11.5 Å². The van der Waals surface area contributed by atoms with E-state index in [0.717, 1.165) is 11.9 Å². The molecule has 3 atom stereocenters. The van der Waals surface area contributed by atoms with Crippen molar-refractivity contribution in [2.24, 2.45) is 10.9 Å². The van der Waals surface area contributed by atoms with Crippen molar-refractivity contribution in [3.63, 3.8) is 0 Å². The molecular weight excluding hydrogens is 377 g/mol. The van der Waals surface area contributed by atoms with Crippen LogP contribution in [0.15, 0.2) is 4.99 Å². The highest BCUT2D eigenvalue weighted by atomic mass is 127. The maximum atomic E-state index is 11.4. The van der Waals surface area contributed by atoms with Gasteiger partial charge in [0.2, 0.25) is 0 Å². The predicted octanol–water partition coefficient (Wildman–Crippen LogP) is 1.15. The smallest absolute Gasteiger partial charge is 0.191 e. The monoisotopic (exact) mass is 401 g/mol. The van der Waals surface area contributed by atoms with Gasteiger partial charge in [-0.3, -0.25) is 4.99 Å². The van der Waals surface area contributed by atoms with Crippen molar-refractivity contribution in [2.45, 2.75) is 44.7 Å². The van der Waals surface area contributed by atoms with Gasteiger partial charge in [-0.15, -0.1) is 24.0 Å². The molecule has 0 bridgehead atoms. The van der Waals surface area contributed by atoms with Gasteiger partial charge in [0.15, 0.2) is 15.8 Å². The number of halogens is 1. The molecule has 5 nitrogen and oxygen atoms in total. The summed E-state index contributed by atoms with van der Waals surface area (Å²) in [4.78, 5) is 4.17. The molecule has 0 spiro atoms. The summed E-state index contributed by atoms with van der Waals surface area (Å²) in [6, 6.07) is 0.540. The Hall–Kier alpha value is -0.0500. The van der Waals surface area contributed by atoms with Crippen molar-refractivity contribution in [3.8, 4) is 0 Å². The molecule has 0 aromatic heterocycles. The summed E-state index contributed by atoms with van der Waals surface area (Å²) >= 11 is 0. The highest BCUT2D eigenvalue weighted by Gasteiger charge is 2.37. The highest BCUT2D eigenvalue weighted by molar-refractivity contribution is 14.0. The molecule has 2 N–H and O–H groups in total. The van der Waals surface area contributed by atoms with Gasteiger partial charge in [-0.2, -0.15) is 0 Å². The van der Waals surface area contributed by atoms with Gasteiger partial charge in [0.1, 0.15) is 0 Å². The van der Waals surface area contributed by atoms with Crippen LogP contribution in [0.3, 0.4) is 0 Å². The van der Waals surface area contributed by atoms with Crippen LogP contribution in [-0.4, -0.2) is 45.0 Å². The standard InChI is InChI=1S/C12H23N3O2S.HI/c1-3-4-9-7-11(9)15-12(13-2)14-10-5-6-18(16,17)8-10;/h9-11H,3-8H2,1-2H3,(H2,13,14,15);1H. The van der Waals surface area contributed by atoms with Gasteiger partial charge in [0, 0.05) is 19.1 Å². The third-order valence-corrected chi connectivity index (χ3v) is 5.47. The Balaban J connectivity index is 0.00000180. The van der Waals surface area contributed by atoms with E-state index >= 15 is 0 Å². The summed E-state index contributed by atoms with van der Waals surface area (Å²) in [6.45, 7) is 2.20. The van der Waals surface area contributed by atoms with Crippen molar-refractivity contribution in [2.75, 3.05) is 18.6 Å². The third kappa shape index (κ3) is 5.09. The first-order valence-corrected chi connectivity index (χ1v) is 8.56. The first-order chi connectivity index (χ1) is 8.54. The number of hydrogen-bond acceptors (Lipinski definition) is 3. The van der Waals surface area contributed by atoms with Crippen molar-refractivity contribution in [1.82, 2.24) is 10.6 Å². The molecule has 2 aliphatic rings. The van der Waals surface area contributed by atoms with Crippen LogP contribution in [0.25, 0.3) is 0 Å². The molecule has 1 aliphatic heterocycles. The molecule has 3 unspecified atom stereocenters. The van der Waals surface area contributed by atoms with E-state index in [1.165, 1.54) is 19.3 Å². The topological polar surface area (TPSA) is 70.6 Å². The molecular formula is C12H24IN3O2S. The number of sulfone groups is 1. The van der Waals surface area contributed by atoms with Gasteiger partial charge in [0.25, 0.3) is 0 Å². The Labute approximate surface area is 133 Å². The largest absolute Gasteiger partial charge is 0.353 e. The Morgan fingerprint density at radius 3 is 2.63 bits per heavy atom. The summed E-state index contributed by atoms with van der Waals surface area (Å²) in [5.74, 6) is 2.04. The number of aliphatic imine (C=N–C) groups is 1. The van der Waals surface area contributed by atoms with Gasteiger partial charge in [-0.05, 0) is 25.2 Å². The van der Waals surface area contributed by atoms with E-state index in [1.54, 1.807) is 7.05 Å². The highest BCUT2D eigenvalue weighted by Crippen LogP contribution is 2.34. The molecule has 1 saturated carbocycles. The Morgan fingerprint density at radius 1 is 1.37 bits per heavy atom. The van der Waals surface area contributed by atoms with Crippen LogP contribution in [-0.2, 0) is 9.84 Å². The van der Waals surface area contributed by atoms with E-state index in [-0.39, 0.29) is 35.8 Å². The Kier molecular flexibility index (Phi) is 6.35. The second-order valence-electron chi connectivity index (χ2n) is 5.35. The van der Waals surface area contributed by atoms with E-state index in [1.807, 2.05) is 0 Å². The van der Waals surface area contributed by atoms with Crippen LogP contribution < -0.4 is 10.6 Å². The molecule has 19 heavy (non-hydrogen) atoms. The lowest BCUT2D eigenvalue weighted by Gasteiger charge is -2.16. The third-order valence-electron chi connectivity index (χ3n) is 3.70. The van der Waals surface area contributed by atoms with Gasteiger partial charge in [-0.25, -0.2) is 8.42 Å². The lowest BCUT2D eigenvalue weighted by molar-refractivity contribution is 0.599. The molecule has 2 rings (SSSR count). The van der Waals surface area contributed by atoms with Crippen molar-refractivity contribution >= 4 is 39.8 Å². The first kappa shape index (κ1) is 17.0. The number of nitrogens with zero attached hydrogens (tertiary/aromatic N) is 1. The number of nitrogens with one attached hydrogen (secondary N) is 2. The molecule has 0 aromatic carbocycles. The molecule has 0 aromatic rings. The van der Waals surface area contributed by atoms with Crippen molar-refractivity contribution in [3.05, 3.63) is 0 Å². The second-order valence-corrected chi connectivity index (χ2v) is 7.58. The van der Waals surface area contributed by atoms with Crippen molar-refractivity contribution < 1.29 is 8.42 Å². The average Bonchev–Trinajstić information content (AvgIpc) is 2.94. The lowest BCUT2D eigenvalue weighted by Crippen LogP contribution is -2.45. The minimum atomic E-state index is -2.83. The van der Waals surface area contributed by atoms with Crippen molar-refractivity contribution in [1.29, 1.82) is 0 Å². The maximum absolute atomic E-state index is 11.4.